The lowest BCUT2D eigenvalue weighted by Crippen LogP contribution is -2.71. The molecule has 2 spiro atoms. The van der Waals surface area contributed by atoms with Crippen LogP contribution in [0.2, 0.25) is 0 Å². The average Bonchev–Trinajstić information content (AvgIpc) is 3.07. The summed E-state index contributed by atoms with van der Waals surface area (Å²) < 4.78 is 40.2. The number of hydrogen-bond donors (Lipinski definition) is 1. The van der Waals surface area contributed by atoms with Crippen LogP contribution in [0.3, 0.4) is 0 Å². The molecule has 0 unspecified atom stereocenters. The van der Waals surface area contributed by atoms with Crippen LogP contribution in [0.5, 0.6) is 0 Å². The molecule has 1 N–H and O–H groups in total. The van der Waals surface area contributed by atoms with E-state index < -0.39 is 18.3 Å². The number of aliphatic hydroxyl groups is 1. The highest BCUT2D eigenvalue weighted by Crippen LogP contribution is 2.56. The van der Waals surface area contributed by atoms with E-state index in [2.05, 4.69) is 20.2 Å². The lowest BCUT2D eigenvalue weighted by molar-refractivity contribution is -0.142. The maximum absolute atomic E-state index is 12.9. The van der Waals surface area contributed by atoms with Crippen LogP contribution in [0.4, 0.5) is 18.0 Å². The number of carbonyl (C=O) groups is 1. The Kier molecular flexibility index (Phi) is 4.50. The van der Waals surface area contributed by atoms with Crippen LogP contribution in [0.1, 0.15) is 56.2 Å². The second-order valence-corrected chi connectivity index (χ2v) is 12.1. The van der Waals surface area contributed by atoms with Crippen molar-refractivity contribution in [3.8, 4) is 0 Å². The molecule has 7 rings (SSSR count). The molecular formula is C23H29F3N8O2. The van der Waals surface area contributed by atoms with Crippen LogP contribution in [0.15, 0.2) is 12.7 Å². The van der Waals surface area contributed by atoms with E-state index in [1.807, 2.05) is 14.5 Å². The first-order chi connectivity index (χ1) is 17.0. The van der Waals surface area contributed by atoms with E-state index in [1.54, 1.807) is 6.33 Å². The number of hydrogen-bond acceptors (Lipinski definition) is 6. The highest BCUT2D eigenvalue weighted by atomic mass is 19.4. The predicted octanol–water partition coefficient (Wildman–Crippen LogP) is 2.12. The lowest BCUT2D eigenvalue weighted by atomic mass is 9.57. The van der Waals surface area contributed by atoms with Crippen LogP contribution in [0.25, 0.3) is 0 Å². The summed E-state index contributed by atoms with van der Waals surface area (Å²) in [6.45, 7) is 1.97. The van der Waals surface area contributed by atoms with E-state index in [9.17, 15) is 23.1 Å². The number of rotatable bonds is 5. The molecule has 36 heavy (non-hydrogen) atoms. The van der Waals surface area contributed by atoms with Crippen LogP contribution < -0.4 is 0 Å². The molecule has 194 valence electrons. The Morgan fingerprint density at radius 1 is 0.972 bits per heavy atom. The summed E-state index contributed by atoms with van der Waals surface area (Å²) in [4.78, 5) is 25.1. The fourth-order valence-corrected chi connectivity index (χ4v) is 6.90. The number of urea groups is 1. The first-order valence-electron chi connectivity index (χ1n) is 12.6. The Bertz CT molecular complexity index is 1180. The van der Waals surface area contributed by atoms with Gasteiger partial charge in [-0.1, -0.05) is 0 Å². The van der Waals surface area contributed by atoms with Gasteiger partial charge in [-0.3, -0.25) is 0 Å². The minimum absolute atomic E-state index is 0.115. The molecule has 0 atom stereocenters. The minimum Gasteiger partial charge on any atom is -0.382 e. The van der Waals surface area contributed by atoms with Crippen molar-refractivity contribution in [3.63, 3.8) is 0 Å². The third-order valence-electron chi connectivity index (χ3n) is 8.85. The molecule has 2 aromatic rings. The zero-order valence-corrected chi connectivity index (χ0v) is 19.9. The third kappa shape index (κ3) is 3.77. The van der Waals surface area contributed by atoms with Gasteiger partial charge in [0, 0.05) is 43.4 Å². The third-order valence-corrected chi connectivity index (χ3v) is 8.85. The number of halogens is 3. The number of alkyl halides is 3. The summed E-state index contributed by atoms with van der Waals surface area (Å²) in [7, 11) is 0. The van der Waals surface area contributed by atoms with E-state index in [0.717, 1.165) is 75.7 Å². The van der Waals surface area contributed by atoms with Crippen molar-refractivity contribution in [2.24, 2.45) is 16.7 Å². The normalized spacial score (nSPS) is 25.9. The van der Waals surface area contributed by atoms with Gasteiger partial charge in [0.05, 0.1) is 6.04 Å². The highest BCUT2D eigenvalue weighted by Gasteiger charge is 2.59. The van der Waals surface area contributed by atoms with Crippen molar-refractivity contribution in [1.29, 1.82) is 0 Å². The quantitative estimate of drug-likeness (QED) is 0.666. The maximum Gasteiger partial charge on any atom is 0.408 e. The molecule has 2 saturated heterocycles. The molecule has 10 nitrogen and oxygen atoms in total. The van der Waals surface area contributed by atoms with Gasteiger partial charge in [-0.15, -0.1) is 0 Å². The highest BCUT2D eigenvalue weighted by molar-refractivity contribution is 5.77. The number of aromatic nitrogens is 6. The van der Waals surface area contributed by atoms with Gasteiger partial charge in [-0.05, 0) is 44.4 Å². The summed E-state index contributed by atoms with van der Waals surface area (Å²) >= 11 is 0. The van der Waals surface area contributed by atoms with Crippen molar-refractivity contribution in [2.75, 3.05) is 26.2 Å². The van der Waals surface area contributed by atoms with Gasteiger partial charge >= 0.3 is 12.2 Å². The second-order valence-electron chi connectivity index (χ2n) is 12.1. The zero-order valence-electron chi connectivity index (χ0n) is 19.9. The van der Waals surface area contributed by atoms with Crippen molar-refractivity contribution in [2.45, 2.75) is 69.3 Å². The van der Waals surface area contributed by atoms with Crippen LogP contribution in [-0.4, -0.2) is 82.8 Å². The topological polar surface area (TPSA) is 105 Å². The number of likely N-dealkylation sites (tertiary alicyclic amines) is 2. The standard InChI is InChI=1S/C23H29F3N8O2/c24-23(25,26)12-33-13-27-17(29-33)3-15-4-20(5-15)8-31(9-20)19(35)32-10-21(11-32)6-16(7-21)34-14-28-18(30-34)22(36)1-2-22/h13-16,36H,1-12H2. The Hall–Kier alpha value is -2.70. The minimum atomic E-state index is -4.30. The van der Waals surface area contributed by atoms with Crippen LogP contribution >= 0.6 is 0 Å². The first-order valence-corrected chi connectivity index (χ1v) is 12.6. The van der Waals surface area contributed by atoms with Crippen molar-refractivity contribution in [1.82, 2.24) is 39.3 Å². The molecule has 3 aliphatic carbocycles. The van der Waals surface area contributed by atoms with Crippen LogP contribution in [-0.2, 0) is 18.6 Å². The summed E-state index contributed by atoms with van der Waals surface area (Å²) in [5.41, 5.74) is -0.456. The van der Waals surface area contributed by atoms with Gasteiger partial charge in [0.15, 0.2) is 11.6 Å². The molecule has 0 bridgehead atoms. The van der Waals surface area contributed by atoms with Gasteiger partial charge in [0.25, 0.3) is 0 Å². The number of carbonyl (C=O) groups excluding carboxylic acids is 1. The van der Waals surface area contributed by atoms with Crippen molar-refractivity contribution >= 4 is 6.03 Å². The summed E-state index contributed by atoms with van der Waals surface area (Å²) in [6, 6.07) is 0.407. The van der Waals surface area contributed by atoms with E-state index in [-0.39, 0.29) is 16.9 Å². The van der Waals surface area contributed by atoms with Crippen LogP contribution in [0, 0.1) is 16.7 Å². The molecule has 2 aromatic heterocycles. The Balaban J connectivity index is 0.833. The summed E-state index contributed by atoms with van der Waals surface area (Å²) in [5.74, 6) is 1.36. The maximum atomic E-state index is 12.9. The molecule has 2 amide bonds. The molecule has 2 aliphatic heterocycles. The molecule has 0 aromatic carbocycles. The first kappa shape index (κ1) is 22.5. The van der Waals surface area contributed by atoms with E-state index in [1.165, 1.54) is 0 Å². The average molecular weight is 507 g/mol. The Morgan fingerprint density at radius 3 is 2.22 bits per heavy atom. The van der Waals surface area contributed by atoms with E-state index >= 15 is 0 Å². The van der Waals surface area contributed by atoms with Gasteiger partial charge in [0.2, 0.25) is 0 Å². The molecule has 3 saturated carbocycles. The van der Waals surface area contributed by atoms with E-state index in [0.29, 0.717) is 30.0 Å². The SMILES string of the molecule is O=C(N1CC2(CC(Cc3ncn(CC(F)(F)F)n3)C2)C1)N1CC2(CC(n3cnc(C4(O)CC4)n3)C2)C1. The Labute approximate surface area is 205 Å². The zero-order chi connectivity index (χ0) is 24.9. The van der Waals surface area contributed by atoms with Gasteiger partial charge in [-0.2, -0.15) is 23.4 Å². The fraction of sp³-hybridized carbons (Fsp3) is 0.783. The monoisotopic (exact) mass is 506 g/mol. The fourth-order valence-electron chi connectivity index (χ4n) is 6.90. The molecule has 4 heterocycles. The summed E-state index contributed by atoms with van der Waals surface area (Å²) in [5, 5.41) is 18.6. The molecular weight excluding hydrogens is 477 g/mol. The second kappa shape index (κ2) is 7.20. The molecule has 13 heteroatoms. The largest absolute Gasteiger partial charge is 0.408 e. The van der Waals surface area contributed by atoms with Gasteiger partial charge in [-0.25, -0.2) is 24.1 Å². The van der Waals surface area contributed by atoms with Crippen molar-refractivity contribution < 1.29 is 23.1 Å². The van der Waals surface area contributed by atoms with Crippen molar-refractivity contribution in [3.05, 3.63) is 24.3 Å². The number of nitrogens with zero attached hydrogens (tertiary/aromatic N) is 8. The molecule has 0 radical (unpaired) electrons. The van der Waals surface area contributed by atoms with E-state index in [4.69, 9.17) is 0 Å². The lowest BCUT2D eigenvalue weighted by Gasteiger charge is -2.63. The van der Waals surface area contributed by atoms with Gasteiger partial charge in [0.1, 0.15) is 24.8 Å². The van der Waals surface area contributed by atoms with Gasteiger partial charge < -0.3 is 14.9 Å². The molecule has 5 fully saturated rings. The smallest absolute Gasteiger partial charge is 0.382 e. The predicted molar refractivity (Wildman–Crippen MR) is 117 cm³/mol. The summed E-state index contributed by atoms with van der Waals surface area (Å²) in [6.07, 6.45) is 4.51. The number of amides is 2. The molecule has 5 aliphatic rings. The Morgan fingerprint density at radius 2 is 1.61 bits per heavy atom.